The first-order chi connectivity index (χ1) is 13.7. The van der Waals surface area contributed by atoms with Gasteiger partial charge in [-0.3, -0.25) is 4.79 Å². The predicted octanol–water partition coefficient (Wildman–Crippen LogP) is 4.78. The Kier molecular flexibility index (Phi) is 7.39. The number of benzene rings is 2. The molecule has 3 rings (SSSR count). The summed E-state index contributed by atoms with van der Waals surface area (Å²) in [5.74, 6) is 1.02. The lowest BCUT2D eigenvalue weighted by atomic mass is 10.1. The maximum atomic E-state index is 11.7. The first kappa shape index (κ1) is 20.3. The summed E-state index contributed by atoms with van der Waals surface area (Å²) in [4.78, 5) is 13.6. The van der Waals surface area contributed by atoms with Gasteiger partial charge in [-0.25, -0.2) is 0 Å². The summed E-state index contributed by atoms with van der Waals surface area (Å²) in [5, 5.41) is 0. The number of para-hydroxylation sites is 1. The fourth-order valence-electron chi connectivity index (χ4n) is 2.83. The third-order valence-electron chi connectivity index (χ3n) is 3.99. The van der Waals surface area contributed by atoms with Crippen molar-refractivity contribution in [2.75, 3.05) is 13.2 Å². The zero-order chi connectivity index (χ0) is 19.8. The van der Waals surface area contributed by atoms with Crippen molar-refractivity contribution in [3.8, 4) is 5.75 Å². The van der Waals surface area contributed by atoms with E-state index < -0.39 is 12.4 Å². The highest BCUT2D eigenvalue weighted by atomic mass is 32.2. The predicted molar refractivity (Wildman–Crippen MR) is 108 cm³/mol. The van der Waals surface area contributed by atoms with Gasteiger partial charge in [0.25, 0.3) is 0 Å². The summed E-state index contributed by atoms with van der Waals surface area (Å²) in [5.41, 5.74) is 0. The molecule has 0 spiro atoms. The van der Waals surface area contributed by atoms with Gasteiger partial charge in [-0.15, -0.1) is 0 Å². The van der Waals surface area contributed by atoms with E-state index in [0.717, 1.165) is 15.6 Å². The van der Waals surface area contributed by atoms with Crippen LogP contribution in [0.15, 0.2) is 76.2 Å². The smallest absolute Gasteiger partial charge is 0.303 e. The second-order valence-corrected chi connectivity index (χ2v) is 7.26. The second-order valence-electron chi connectivity index (χ2n) is 6.14. The van der Waals surface area contributed by atoms with Crippen molar-refractivity contribution in [2.24, 2.45) is 0 Å². The van der Waals surface area contributed by atoms with Gasteiger partial charge in [-0.2, -0.15) is 0 Å². The van der Waals surface area contributed by atoms with Gasteiger partial charge in [0.15, 0.2) is 5.76 Å². The van der Waals surface area contributed by atoms with Crippen LogP contribution in [0.4, 0.5) is 0 Å². The fraction of sp³-hybridized carbons (Fsp3) is 0.318. The maximum Gasteiger partial charge on any atom is 0.303 e. The first-order valence-electron chi connectivity index (χ1n) is 9.25. The van der Waals surface area contributed by atoms with Crippen molar-refractivity contribution >= 4 is 17.7 Å². The number of hydrogen-bond donors (Lipinski definition) is 0. The number of rotatable bonds is 8. The van der Waals surface area contributed by atoms with E-state index in [9.17, 15) is 4.79 Å². The van der Waals surface area contributed by atoms with Crippen LogP contribution in [0.3, 0.4) is 0 Å². The highest BCUT2D eigenvalue weighted by Crippen LogP contribution is 2.39. The molecule has 2 aromatic rings. The molecule has 0 saturated carbocycles. The van der Waals surface area contributed by atoms with Crippen molar-refractivity contribution < 1.29 is 23.7 Å². The Hall–Kier alpha value is -2.44. The van der Waals surface area contributed by atoms with Gasteiger partial charge in [0, 0.05) is 18.4 Å². The Labute approximate surface area is 169 Å². The lowest BCUT2D eigenvalue weighted by molar-refractivity contribution is -0.163. The molecule has 28 heavy (non-hydrogen) atoms. The molecule has 0 radical (unpaired) electrons. The zero-order valence-electron chi connectivity index (χ0n) is 16.0. The Bertz CT molecular complexity index is 791. The van der Waals surface area contributed by atoms with Gasteiger partial charge in [0.05, 0.1) is 11.3 Å². The van der Waals surface area contributed by atoms with Gasteiger partial charge < -0.3 is 18.9 Å². The molecule has 1 aliphatic heterocycles. The van der Waals surface area contributed by atoms with Crippen molar-refractivity contribution in [2.45, 2.75) is 37.6 Å². The quantitative estimate of drug-likeness (QED) is 0.594. The molecular weight excluding hydrogens is 376 g/mol. The molecule has 1 heterocycles. The van der Waals surface area contributed by atoms with Crippen molar-refractivity contribution in [3.05, 3.63) is 71.3 Å². The van der Waals surface area contributed by atoms with E-state index in [1.165, 1.54) is 18.7 Å². The molecule has 2 aromatic carbocycles. The van der Waals surface area contributed by atoms with Gasteiger partial charge in [0.2, 0.25) is 6.29 Å². The molecular formula is C22H24O5S. The summed E-state index contributed by atoms with van der Waals surface area (Å²) < 4.78 is 23.2. The van der Waals surface area contributed by atoms with Gasteiger partial charge in [-0.1, -0.05) is 48.2 Å². The van der Waals surface area contributed by atoms with E-state index in [1.807, 2.05) is 67.6 Å². The number of ether oxygens (including phenoxy) is 4. The monoisotopic (exact) mass is 400 g/mol. The molecule has 0 amide bonds. The minimum Gasteiger partial charge on any atom is -0.486 e. The number of esters is 1. The van der Waals surface area contributed by atoms with Crippen LogP contribution in [-0.2, 0) is 19.0 Å². The average Bonchev–Trinajstić information content (AvgIpc) is 2.70. The highest BCUT2D eigenvalue weighted by molar-refractivity contribution is 8.03. The molecule has 0 unspecified atom stereocenters. The van der Waals surface area contributed by atoms with Gasteiger partial charge in [0.1, 0.15) is 18.5 Å². The summed E-state index contributed by atoms with van der Waals surface area (Å²) >= 11 is 1.52. The average molecular weight is 400 g/mol. The van der Waals surface area contributed by atoms with Crippen LogP contribution in [0.1, 0.15) is 20.3 Å². The molecule has 0 N–H and O–H groups in total. The normalized spacial score (nSPS) is 19.1. The Morgan fingerprint density at radius 1 is 1.11 bits per heavy atom. The van der Waals surface area contributed by atoms with Crippen LogP contribution >= 0.6 is 11.8 Å². The molecule has 2 atom stereocenters. The molecule has 148 valence electrons. The molecule has 5 nitrogen and oxygen atoms in total. The van der Waals surface area contributed by atoms with Crippen LogP contribution < -0.4 is 4.74 Å². The third-order valence-corrected chi connectivity index (χ3v) is 5.21. The standard InChI is InChI=1S/C22H24O5S/c1-3-24-21-14-19(26-16(2)23)22(28-18-12-8-5-9-13-18)20(27-21)15-25-17-10-6-4-7-11-17/h4-13,19,21H,3,14-15H2,1-2H3/t19-,21-/m1/s1. The van der Waals surface area contributed by atoms with Crippen molar-refractivity contribution in [1.82, 2.24) is 0 Å². The molecule has 0 aromatic heterocycles. The SMILES string of the molecule is CCO[C@H]1C[C@@H](OC(C)=O)C(Sc2ccccc2)=C(COc2ccccc2)O1. The van der Waals surface area contributed by atoms with E-state index in [1.54, 1.807) is 0 Å². The largest absolute Gasteiger partial charge is 0.486 e. The van der Waals surface area contributed by atoms with Gasteiger partial charge in [-0.05, 0) is 31.2 Å². The summed E-state index contributed by atoms with van der Waals surface area (Å²) in [7, 11) is 0. The minimum absolute atomic E-state index is 0.223. The van der Waals surface area contributed by atoms with Crippen LogP contribution in [0.2, 0.25) is 0 Å². The van der Waals surface area contributed by atoms with Crippen molar-refractivity contribution in [1.29, 1.82) is 0 Å². The summed E-state index contributed by atoms with van der Waals surface area (Å²) in [6, 6.07) is 19.4. The Balaban J connectivity index is 1.88. The van der Waals surface area contributed by atoms with E-state index in [-0.39, 0.29) is 12.6 Å². The Morgan fingerprint density at radius 2 is 1.79 bits per heavy atom. The van der Waals surface area contributed by atoms with E-state index in [4.69, 9.17) is 18.9 Å². The van der Waals surface area contributed by atoms with E-state index >= 15 is 0 Å². The van der Waals surface area contributed by atoms with E-state index in [0.29, 0.717) is 18.8 Å². The number of hydrogen-bond acceptors (Lipinski definition) is 6. The van der Waals surface area contributed by atoms with Crippen LogP contribution in [-0.4, -0.2) is 31.6 Å². The number of carbonyl (C=O) groups excluding carboxylic acids is 1. The summed E-state index contributed by atoms with van der Waals surface area (Å²) in [6.45, 7) is 4.05. The lowest BCUT2D eigenvalue weighted by Gasteiger charge is -2.33. The first-order valence-corrected chi connectivity index (χ1v) is 10.1. The molecule has 0 saturated heterocycles. The molecule has 6 heteroatoms. The Morgan fingerprint density at radius 3 is 2.43 bits per heavy atom. The van der Waals surface area contributed by atoms with E-state index in [2.05, 4.69) is 0 Å². The fourth-order valence-corrected chi connectivity index (χ4v) is 3.87. The molecule has 0 bridgehead atoms. The third kappa shape index (κ3) is 5.78. The van der Waals surface area contributed by atoms with Crippen molar-refractivity contribution in [3.63, 3.8) is 0 Å². The topological polar surface area (TPSA) is 54.0 Å². The summed E-state index contributed by atoms with van der Waals surface area (Å²) in [6.07, 6.45) is -0.483. The van der Waals surface area contributed by atoms with Crippen LogP contribution in [0.5, 0.6) is 5.75 Å². The number of thioether (sulfide) groups is 1. The lowest BCUT2D eigenvalue weighted by Crippen LogP contribution is -2.34. The minimum atomic E-state index is -0.483. The molecule has 1 aliphatic rings. The number of carbonyl (C=O) groups is 1. The second kappa shape index (κ2) is 10.2. The molecule has 0 aliphatic carbocycles. The zero-order valence-corrected chi connectivity index (χ0v) is 16.8. The van der Waals surface area contributed by atoms with Crippen LogP contribution in [0.25, 0.3) is 0 Å². The van der Waals surface area contributed by atoms with Crippen LogP contribution in [0, 0.1) is 0 Å². The molecule has 0 fully saturated rings. The van der Waals surface area contributed by atoms with Gasteiger partial charge >= 0.3 is 5.97 Å². The highest BCUT2D eigenvalue weighted by Gasteiger charge is 2.34. The maximum absolute atomic E-state index is 11.7.